The number of hydrogen-bond donors (Lipinski definition) is 0. The first-order chi connectivity index (χ1) is 8.45. The Labute approximate surface area is 111 Å². The molecule has 0 bridgehead atoms. The van der Waals surface area contributed by atoms with Gasteiger partial charge in [-0.15, -0.1) is 0 Å². The zero-order valence-electron chi connectivity index (χ0n) is 12.0. The summed E-state index contributed by atoms with van der Waals surface area (Å²) in [5, 5.41) is 8.93. The SMILES string of the molecule is CC(C)CCN1CC(C)CN(C)C(=O)C1CC#N. The largest absolute Gasteiger partial charge is 0.344 e. The molecule has 2 atom stereocenters. The van der Waals surface area contributed by atoms with E-state index in [2.05, 4.69) is 31.7 Å². The molecule has 0 aromatic rings. The molecule has 1 amide bonds. The first kappa shape index (κ1) is 15.0. The molecule has 4 heteroatoms. The van der Waals surface area contributed by atoms with Gasteiger partial charge in [0.1, 0.15) is 6.04 Å². The summed E-state index contributed by atoms with van der Waals surface area (Å²) in [7, 11) is 1.84. The smallest absolute Gasteiger partial charge is 0.240 e. The van der Waals surface area contributed by atoms with Crippen molar-refractivity contribution in [2.45, 2.75) is 39.7 Å². The Hall–Kier alpha value is -1.08. The summed E-state index contributed by atoms with van der Waals surface area (Å²) >= 11 is 0. The van der Waals surface area contributed by atoms with Gasteiger partial charge in [-0.3, -0.25) is 9.69 Å². The molecule has 0 N–H and O–H groups in total. The van der Waals surface area contributed by atoms with Gasteiger partial charge >= 0.3 is 0 Å². The Bertz CT molecular complexity index is 321. The molecule has 1 aliphatic heterocycles. The molecule has 1 fully saturated rings. The molecule has 4 nitrogen and oxygen atoms in total. The summed E-state index contributed by atoms with van der Waals surface area (Å²) in [5.74, 6) is 1.19. The Balaban J connectivity index is 2.80. The van der Waals surface area contributed by atoms with Gasteiger partial charge in [0.25, 0.3) is 0 Å². The second-order valence-electron chi connectivity index (χ2n) is 5.88. The van der Waals surface area contributed by atoms with Gasteiger partial charge in [0.15, 0.2) is 0 Å². The van der Waals surface area contributed by atoms with Crippen LogP contribution < -0.4 is 0 Å². The van der Waals surface area contributed by atoms with Crippen molar-refractivity contribution in [3.8, 4) is 6.07 Å². The van der Waals surface area contributed by atoms with Crippen LogP contribution in [0.1, 0.15) is 33.6 Å². The van der Waals surface area contributed by atoms with E-state index in [-0.39, 0.29) is 11.9 Å². The second kappa shape index (κ2) is 6.75. The van der Waals surface area contributed by atoms with Crippen LogP contribution in [0.2, 0.25) is 0 Å². The minimum atomic E-state index is -0.247. The van der Waals surface area contributed by atoms with Crippen LogP contribution in [0.5, 0.6) is 0 Å². The zero-order valence-corrected chi connectivity index (χ0v) is 12.0. The monoisotopic (exact) mass is 251 g/mol. The summed E-state index contributed by atoms with van der Waals surface area (Å²) < 4.78 is 0. The van der Waals surface area contributed by atoms with Crippen LogP contribution in [0.4, 0.5) is 0 Å². The van der Waals surface area contributed by atoms with E-state index >= 15 is 0 Å². The third-order valence-electron chi connectivity index (χ3n) is 3.51. The summed E-state index contributed by atoms with van der Waals surface area (Å²) in [6, 6.07) is 1.91. The van der Waals surface area contributed by atoms with E-state index in [4.69, 9.17) is 5.26 Å². The second-order valence-corrected chi connectivity index (χ2v) is 5.88. The Morgan fingerprint density at radius 2 is 2.11 bits per heavy atom. The van der Waals surface area contributed by atoms with Gasteiger partial charge in [-0.05, 0) is 24.8 Å². The maximum Gasteiger partial charge on any atom is 0.240 e. The van der Waals surface area contributed by atoms with Crippen molar-refractivity contribution in [3.05, 3.63) is 0 Å². The fraction of sp³-hybridized carbons (Fsp3) is 0.857. The van der Waals surface area contributed by atoms with Gasteiger partial charge in [-0.1, -0.05) is 20.8 Å². The number of nitrogens with zero attached hydrogens (tertiary/aromatic N) is 3. The minimum Gasteiger partial charge on any atom is -0.344 e. The molecular weight excluding hydrogens is 226 g/mol. The first-order valence-electron chi connectivity index (χ1n) is 6.81. The first-order valence-corrected chi connectivity index (χ1v) is 6.81. The highest BCUT2D eigenvalue weighted by molar-refractivity contribution is 5.82. The summed E-state index contributed by atoms with van der Waals surface area (Å²) in [5.41, 5.74) is 0. The molecule has 0 saturated carbocycles. The van der Waals surface area contributed by atoms with Gasteiger partial charge in [0.05, 0.1) is 12.5 Å². The predicted octanol–water partition coefficient (Wildman–Crippen LogP) is 1.72. The van der Waals surface area contributed by atoms with E-state index in [1.165, 1.54) is 0 Å². The van der Waals surface area contributed by atoms with Gasteiger partial charge in [0, 0.05) is 20.1 Å². The number of hydrogen-bond acceptors (Lipinski definition) is 3. The topological polar surface area (TPSA) is 47.3 Å². The summed E-state index contributed by atoms with van der Waals surface area (Å²) in [4.78, 5) is 16.3. The van der Waals surface area contributed by atoms with E-state index in [0.29, 0.717) is 18.3 Å². The third-order valence-corrected chi connectivity index (χ3v) is 3.51. The molecule has 2 unspecified atom stereocenters. The lowest BCUT2D eigenvalue weighted by Gasteiger charge is -2.29. The van der Waals surface area contributed by atoms with E-state index in [9.17, 15) is 4.79 Å². The summed E-state index contributed by atoms with van der Waals surface area (Å²) in [6.45, 7) is 9.16. The number of amides is 1. The molecule has 18 heavy (non-hydrogen) atoms. The Morgan fingerprint density at radius 3 is 2.67 bits per heavy atom. The van der Waals surface area contributed by atoms with Crippen LogP contribution in [-0.2, 0) is 4.79 Å². The number of likely N-dealkylation sites (N-methyl/N-ethyl adjacent to an activating group) is 1. The van der Waals surface area contributed by atoms with Crippen molar-refractivity contribution < 1.29 is 4.79 Å². The van der Waals surface area contributed by atoms with E-state index in [1.54, 1.807) is 4.90 Å². The molecule has 1 saturated heterocycles. The lowest BCUT2D eigenvalue weighted by molar-refractivity contribution is -0.134. The van der Waals surface area contributed by atoms with Crippen LogP contribution in [0, 0.1) is 23.2 Å². The van der Waals surface area contributed by atoms with Gasteiger partial charge in [-0.2, -0.15) is 5.26 Å². The predicted molar refractivity (Wildman–Crippen MR) is 71.8 cm³/mol. The van der Waals surface area contributed by atoms with Crippen LogP contribution in [0.15, 0.2) is 0 Å². The molecule has 0 spiro atoms. The number of carbonyl (C=O) groups is 1. The van der Waals surface area contributed by atoms with Gasteiger partial charge < -0.3 is 4.90 Å². The molecule has 0 radical (unpaired) electrons. The van der Waals surface area contributed by atoms with Crippen LogP contribution in [-0.4, -0.2) is 48.4 Å². The normalized spacial score (nSPS) is 26.2. The maximum absolute atomic E-state index is 12.3. The fourth-order valence-corrected chi connectivity index (χ4v) is 2.53. The molecule has 102 valence electrons. The van der Waals surface area contributed by atoms with Crippen LogP contribution in [0.25, 0.3) is 0 Å². The average Bonchev–Trinajstić information content (AvgIpc) is 2.38. The highest BCUT2D eigenvalue weighted by Crippen LogP contribution is 2.18. The van der Waals surface area contributed by atoms with E-state index in [1.807, 2.05) is 7.05 Å². The lowest BCUT2D eigenvalue weighted by atomic mass is 10.1. The minimum absolute atomic E-state index is 0.102. The standard InChI is InChI=1S/C14H25N3O/c1-11(2)6-8-17-10-12(3)9-16(4)14(18)13(17)5-7-15/h11-13H,5-6,8-10H2,1-4H3. The summed E-state index contributed by atoms with van der Waals surface area (Å²) in [6.07, 6.45) is 1.37. The molecule has 1 aliphatic rings. The highest BCUT2D eigenvalue weighted by Gasteiger charge is 2.32. The molecule has 1 heterocycles. The van der Waals surface area contributed by atoms with Crippen molar-refractivity contribution in [1.29, 1.82) is 5.26 Å². The quantitative estimate of drug-likeness (QED) is 0.764. The lowest BCUT2D eigenvalue weighted by Crippen LogP contribution is -2.45. The van der Waals surface area contributed by atoms with Crippen molar-refractivity contribution >= 4 is 5.91 Å². The zero-order chi connectivity index (χ0) is 13.7. The van der Waals surface area contributed by atoms with Crippen molar-refractivity contribution in [2.75, 3.05) is 26.7 Å². The molecule has 1 rings (SSSR count). The van der Waals surface area contributed by atoms with E-state index in [0.717, 1.165) is 26.1 Å². The van der Waals surface area contributed by atoms with Crippen LogP contribution in [0.3, 0.4) is 0 Å². The molecule has 0 aromatic heterocycles. The number of nitriles is 1. The third kappa shape index (κ3) is 3.99. The number of carbonyl (C=O) groups excluding carboxylic acids is 1. The molecular formula is C14H25N3O. The van der Waals surface area contributed by atoms with Gasteiger partial charge in [-0.25, -0.2) is 0 Å². The van der Waals surface area contributed by atoms with Crippen LogP contribution >= 0.6 is 0 Å². The highest BCUT2D eigenvalue weighted by atomic mass is 16.2. The fourth-order valence-electron chi connectivity index (χ4n) is 2.53. The Morgan fingerprint density at radius 1 is 1.44 bits per heavy atom. The molecule has 0 aliphatic carbocycles. The average molecular weight is 251 g/mol. The van der Waals surface area contributed by atoms with E-state index < -0.39 is 0 Å². The van der Waals surface area contributed by atoms with Crippen molar-refractivity contribution in [2.24, 2.45) is 11.8 Å². The number of rotatable bonds is 4. The molecule has 0 aromatic carbocycles. The van der Waals surface area contributed by atoms with Crippen molar-refractivity contribution in [3.63, 3.8) is 0 Å². The van der Waals surface area contributed by atoms with Gasteiger partial charge in [0.2, 0.25) is 5.91 Å². The van der Waals surface area contributed by atoms with Crippen molar-refractivity contribution in [1.82, 2.24) is 9.80 Å². The maximum atomic E-state index is 12.3. The Kier molecular flexibility index (Phi) is 5.61.